The SMILES string of the molecule is C=S(Nc1ccnc(C(CC2CCCCN2)NC(=O)c2ncc(C(C=N)=NC)s2)c1)C(C)C. The first-order valence-corrected chi connectivity index (χ1v) is 13.4. The van der Waals surface area contributed by atoms with Gasteiger partial charge in [0.05, 0.1) is 22.3 Å². The van der Waals surface area contributed by atoms with Gasteiger partial charge < -0.3 is 20.8 Å². The van der Waals surface area contributed by atoms with E-state index in [0.717, 1.165) is 30.8 Å². The van der Waals surface area contributed by atoms with Crippen LogP contribution in [0, 0.1) is 5.41 Å². The Morgan fingerprint density at radius 1 is 1.45 bits per heavy atom. The van der Waals surface area contributed by atoms with Gasteiger partial charge in [0.1, 0.15) is 0 Å². The number of pyridine rings is 1. The van der Waals surface area contributed by atoms with Gasteiger partial charge >= 0.3 is 0 Å². The van der Waals surface area contributed by atoms with E-state index in [1.807, 2.05) is 12.1 Å². The molecule has 1 saturated heterocycles. The molecule has 0 aromatic carbocycles. The van der Waals surface area contributed by atoms with Gasteiger partial charge in [-0.25, -0.2) is 4.98 Å². The molecule has 33 heavy (non-hydrogen) atoms. The van der Waals surface area contributed by atoms with Crippen LogP contribution >= 0.6 is 22.0 Å². The lowest BCUT2D eigenvalue weighted by Crippen LogP contribution is -2.39. The van der Waals surface area contributed by atoms with Crippen LogP contribution in [0.25, 0.3) is 0 Å². The highest BCUT2D eigenvalue weighted by molar-refractivity contribution is 8.15. The van der Waals surface area contributed by atoms with Gasteiger partial charge in [-0.05, 0) is 37.9 Å². The smallest absolute Gasteiger partial charge is 0.280 e. The van der Waals surface area contributed by atoms with Gasteiger partial charge in [-0.15, -0.1) is 22.0 Å². The highest BCUT2D eigenvalue weighted by Crippen LogP contribution is 2.27. The number of hydrogen-bond acceptors (Lipinski definition) is 8. The van der Waals surface area contributed by atoms with Crippen LogP contribution in [-0.4, -0.2) is 58.6 Å². The number of carbonyl (C=O) groups is 1. The number of carbonyl (C=O) groups excluding carboxylic acids is 1. The second-order valence-electron chi connectivity index (χ2n) is 8.24. The Kier molecular flexibility index (Phi) is 9.28. The molecule has 1 aliphatic rings. The highest BCUT2D eigenvalue weighted by Gasteiger charge is 2.24. The Hall–Kier alpha value is -2.43. The summed E-state index contributed by atoms with van der Waals surface area (Å²) in [5, 5.41) is 15.0. The topological polar surface area (TPSA) is 115 Å². The summed E-state index contributed by atoms with van der Waals surface area (Å²) in [7, 11) is 1.41. The second-order valence-corrected chi connectivity index (χ2v) is 11.3. The molecule has 10 heteroatoms. The maximum atomic E-state index is 13.1. The summed E-state index contributed by atoms with van der Waals surface area (Å²) in [5.41, 5.74) is 2.27. The maximum absolute atomic E-state index is 13.1. The Morgan fingerprint density at radius 3 is 2.94 bits per heavy atom. The van der Waals surface area contributed by atoms with Crippen LogP contribution in [0.5, 0.6) is 0 Å². The summed E-state index contributed by atoms with van der Waals surface area (Å²) < 4.78 is 3.46. The number of nitrogens with one attached hydrogen (secondary N) is 4. The molecule has 4 N–H and O–H groups in total. The summed E-state index contributed by atoms with van der Waals surface area (Å²) in [6.45, 7) is 5.27. The van der Waals surface area contributed by atoms with Crippen LogP contribution in [0.4, 0.5) is 5.69 Å². The van der Waals surface area contributed by atoms with Crippen LogP contribution in [0.15, 0.2) is 29.5 Å². The Bertz CT molecular complexity index is 1010. The van der Waals surface area contributed by atoms with Gasteiger partial charge in [-0.3, -0.25) is 14.8 Å². The van der Waals surface area contributed by atoms with Crippen molar-refractivity contribution in [1.29, 1.82) is 5.41 Å². The van der Waals surface area contributed by atoms with Crippen molar-refractivity contribution in [2.45, 2.75) is 56.9 Å². The first kappa shape index (κ1) is 25.2. The summed E-state index contributed by atoms with van der Waals surface area (Å²) >= 11 is 1.24. The molecule has 2 aromatic rings. The summed E-state index contributed by atoms with van der Waals surface area (Å²) in [4.78, 5) is 26.7. The second kappa shape index (κ2) is 12.2. The van der Waals surface area contributed by atoms with Gasteiger partial charge in [0, 0.05) is 42.6 Å². The molecule has 3 unspecified atom stereocenters. The molecule has 1 fully saturated rings. The van der Waals surface area contributed by atoms with Crippen LogP contribution in [-0.2, 0) is 0 Å². The number of hydrogen-bond donors (Lipinski definition) is 4. The minimum absolute atomic E-state index is 0.210. The van der Waals surface area contributed by atoms with E-state index in [1.54, 1.807) is 19.4 Å². The zero-order chi connectivity index (χ0) is 23.8. The molecule has 8 nitrogen and oxygen atoms in total. The minimum Gasteiger partial charge on any atom is -0.342 e. The van der Waals surface area contributed by atoms with E-state index in [4.69, 9.17) is 5.41 Å². The molecule has 178 valence electrons. The van der Waals surface area contributed by atoms with E-state index in [2.05, 4.69) is 50.0 Å². The van der Waals surface area contributed by atoms with Gasteiger partial charge in [0.15, 0.2) is 5.01 Å². The van der Waals surface area contributed by atoms with E-state index in [0.29, 0.717) is 26.9 Å². The lowest BCUT2D eigenvalue weighted by Gasteiger charge is -2.28. The molecule has 3 heterocycles. The molecule has 1 amide bonds. The van der Waals surface area contributed by atoms with E-state index < -0.39 is 0 Å². The lowest BCUT2D eigenvalue weighted by atomic mass is 9.96. The largest absolute Gasteiger partial charge is 0.342 e. The molecule has 0 radical (unpaired) electrons. The number of aromatic nitrogens is 2. The van der Waals surface area contributed by atoms with Crippen molar-refractivity contribution >= 4 is 51.4 Å². The summed E-state index contributed by atoms with van der Waals surface area (Å²) in [6.07, 6.45) is 8.74. The van der Waals surface area contributed by atoms with Crippen LogP contribution in [0.1, 0.15) is 65.9 Å². The molecule has 0 aliphatic carbocycles. The summed E-state index contributed by atoms with van der Waals surface area (Å²) in [5.74, 6) is 3.96. The average molecular weight is 488 g/mol. The lowest BCUT2D eigenvalue weighted by molar-refractivity contribution is 0.0929. The first-order chi connectivity index (χ1) is 15.9. The van der Waals surface area contributed by atoms with Crippen molar-refractivity contribution in [3.63, 3.8) is 0 Å². The highest BCUT2D eigenvalue weighted by atomic mass is 32.2. The molecule has 3 rings (SSSR count). The Balaban J connectivity index is 1.82. The monoisotopic (exact) mass is 487 g/mol. The van der Waals surface area contributed by atoms with E-state index in [-0.39, 0.29) is 22.6 Å². The van der Waals surface area contributed by atoms with Gasteiger partial charge in [-0.2, -0.15) is 0 Å². The predicted molar refractivity (Wildman–Crippen MR) is 142 cm³/mol. The zero-order valence-corrected chi connectivity index (χ0v) is 21.1. The number of piperidine rings is 1. The van der Waals surface area contributed by atoms with Crippen LogP contribution < -0.4 is 15.4 Å². The zero-order valence-electron chi connectivity index (χ0n) is 19.4. The third-order valence-electron chi connectivity index (χ3n) is 5.52. The number of nitrogens with zero attached hydrogens (tertiary/aromatic N) is 3. The molecule has 3 atom stereocenters. The molecule has 2 aromatic heterocycles. The number of aliphatic imine (C=N–C) groups is 1. The molecule has 1 aliphatic heterocycles. The number of amides is 1. The maximum Gasteiger partial charge on any atom is 0.280 e. The molecule has 0 bridgehead atoms. The Morgan fingerprint density at radius 2 is 2.27 bits per heavy atom. The molecule has 0 saturated carbocycles. The van der Waals surface area contributed by atoms with Crippen LogP contribution in [0.3, 0.4) is 0 Å². The number of anilines is 1. The Labute approximate surface area is 202 Å². The molecular weight excluding hydrogens is 454 g/mol. The van der Waals surface area contributed by atoms with Crippen molar-refractivity contribution < 1.29 is 4.79 Å². The van der Waals surface area contributed by atoms with Crippen molar-refractivity contribution in [3.05, 3.63) is 40.1 Å². The minimum atomic E-state index is -0.255. The van der Waals surface area contributed by atoms with Gasteiger partial charge in [0.2, 0.25) is 0 Å². The predicted octanol–water partition coefficient (Wildman–Crippen LogP) is 4.05. The number of thiazole rings is 1. The standard InChI is InChI=1S/C23H33N7OS2/c1-15(2)33(4)30-17-8-10-27-18(12-17)19(11-16-7-5-6-9-26-16)29-22(31)23-28-14-21(32-23)20(13-24)25-3/h8,10,12-16,19,24,26H,4-7,9,11H2,1-3H3,(H,27,30)(H,29,31). The van der Waals surface area contributed by atoms with E-state index in [1.165, 1.54) is 30.4 Å². The van der Waals surface area contributed by atoms with Crippen LogP contribution in [0.2, 0.25) is 0 Å². The quantitative estimate of drug-likeness (QED) is 0.298. The fourth-order valence-corrected chi connectivity index (χ4v) is 5.09. The average Bonchev–Trinajstić information content (AvgIpc) is 3.30. The third-order valence-corrected chi connectivity index (χ3v) is 8.18. The van der Waals surface area contributed by atoms with Crippen molar-refractivity contribution in [2.24, 2.45) is 4.99 Å². The van der Waals surface area contributed by atoms with Crippen molar-refractivity contribution in [2.75, 3.05) is 18.3 Å². The van der Waals surface area contributed by atoms with E-state index >= 15 is 0 Å². The fraction of sp³-hybridized carbons (Fsp3) is 0.478. The van der Waals surface area contributed by atoms with Gasteiger partial charge in [-0.1, -0.05) is 26.1 Å². The molecule has 0 spiro atoms. The van der Waals surface area contributed by atoms with Crippen molar-refractivity contribution in [1.82, 2.24) is 20.6 Å². The van der Waals surface area contributed by atoms with Crippen molar-refractivity contribution in [3.8, 4) is 0 Å². The number of rotatable bonds is 10. The first-order valence-electron chi connectivity index (χ1n) is 11.1. The summed E-state index contributed by atoms with van der Waals surface area (Å²) in [6, 6.07) is 4.01. The third kappa shape index (κ3) is 7.02. The normalized spacial score (nSPS) is 18.5. The molecular formula is C23H33N7OS2. The van der Waals surface area contributed by atoms with Gasteiger partial charge in [0.25, 0.3) is 5.91 Å². The fourth-order valence-electron chi connectivity index (χ4n) is 3.60. The van der Waals surface area contributed by atoms with E-state index in [9.17, 15) is 4.79 Å².